The zero-order valence-electron chi connectivity index (χ0n) is 15.5. The number of aromatic nitrogens is 5. The van der Waals surface area contributed by atoms with E-state index in [0.717, 1.165) is 0 Å². The molecule has 2 heterocycles. The first kappa shape index (κ1) is 18.9. The molecule has 1 unspecified atom stereocenters. The maximum atomic E-state index is 12.2. The number of ether oxygens (including phenoxy) is 1. The highest BCUT2D eigenvalue weighted by Crippen LogP contribution is 2.19. The summed E-state index contributed by atoms with van der Waals surface area (Å²) in [7, 11) is 0. The van der Waals surface area contributed by atoms with Gasteiger partial charge in [0.05, 0.1) is 12.4 Å². The maximum absolute atomic E-state index is 12.2. The summed E-state index contributed by atoms with van der Waals surface area (Å²) in [6.07, 6.45) is 3.58. The number of carbonyl (C=O) groups is 1. The van der Waals surface area contributed by atoms with Gasteiger partial charge in [0.25, 0.3) is 0 Å². The fourth-order valence-corrected chi connectivity index (χ4v) is 2.15. The maximum Gasteiger partial charge on any atom is 0.410 e. The van der Waals surface area contributed by atoms with Crippen molar-refractivity contribution < 1.29 is 13.9 Å². The van der Waals surface area contributed by atoms with Crippen LogP contribution in [0.3, 0.4) is 0 Å². The fraction of sp³-hybridized carbons (Fsp3) is 0.688. The SMILES string of the molecule is CCN(CCC(C)c1nnc(Cn2nccn2)o1)C(=O)OC(C)(C)C. The van der Waals surface area contributed by atoms with Crippen LogP contribution in [0.2, 0.25) is 0 Å². The van der Waals surface area contributed by atoms with E-state index >= 15 is 0 Å². The van der Waals surface area contributed by atoms with Crippen LogP contribution in [0.1, 0.15) is 58.7 Å². The zero-order valence-corrected chi connectivity index (χ0v) is 15.5. The van der Waals surface area contributed by atoms with Crippen molar-refractivity contribution in [2.75, 3.05) is 13.1 Å². The van der Waals surface area contributed by atoms with Gasteiger partial charge < -0.3 is 14.1 Å². The number of carbonyl (C=O) groups excluding carboxylic acids is 1. The Morgan fingerprint density at radius 2 is 2.00 bits per heavy atom. The van der Waals surface area contributed by atoms with Crippen LogP contribution >= 0.6 is 0 Å². The van der Waals surface area contributed by atoms with Crippen molar-refractivity contribution in [2.45, 2.75) is 59.1 Å². The highest BCUT2D eigenvalue weighted by Gasteiger charge is 2.22. The molecule has 0 aromatic carbocycles. The molecule has 2 aromatic heterocycles. The lowest BCUT2D eigenvalue weighted by atomic mass is 10.1. The number of nitrogens with zero attached hydrogens (tertiary/aromatic N) is 6. The second kappa shape index (κ2) is 8.09. The first-order valence-corrected chi connectivity index (χ1v) is 8.42. The number of rotatable bonds is 7. The van der Waals surface area contributed by atoms with Gasteiger partial charge in [-0.05, 0) is 34.1 Å². The molecular weight excluding hydrogens is 324 g/mol. The Hall–Kier alpha value is -2.45. The molecule has 0 fully saturated rings. The topological polar surface area (TPSA) is 99.2 Å². The zero-order chi connectivity index (χ0) is 18.4. The van der Waals surface area contributed by atoms with Crippen LogP contribution < -0.4 is 0 Å². The summed E-state index contributed by atoms with van der Waals surface area (Å²) in [5.41, 5.74) is -0.502. The number of hydrogen-bond acceptors (Lipinski definition) is 7. The monoisotopic (exact) mass is 350 g/mol. The van der Waals surface area contributed by atoms with Crippen molar-refractivity contribution >= 4 is 6.09 Å². The third-order valence-corrected chi connectivity index (χ3v) is 3.51. The van der Waals surface area contributed by atoms with Crippen LogP contribution in [0.5, 0.6) is 0 Å². The van der Waals surface area contributed by atoms with Crippen LogP contribution in [-0.2, 0) is 11.3 Å². The fourth-order valence-electron chi connectivity index (χ4n) is 2.15. The highest BCUT2D eigenvalue weighted by molar-refractivity contribution is 5.68. The quantitative estimate of drug-likeness (QED) is 0.756. The molecule has 0 aliphatic heterocycles. The van der Waals surface area contributed by atoms with E-state index < -0.39 is 5.60 Å². The van der Waals surface area contributed by atoms with Gasteiger partial charge in [-0.1, -0.05) is 6.92 Å². The molecule has 0 N–H and O–H groups in total. The minimum atomic E-state index is -0.502. The van der Waals surface area contributed by atoms with Crippen molar-refractivity contribution in [3.05, 3.63) is 24.2 Å². The van der Waals surface area contributed by atoms with Gasteiger partial charge in [0.15, 0.2) is 0 Å². The Morgan fingerprint density at radius 1 is 1.32 bits per heavy atom. The summed E-state index contributed by atoms with van der Waals surface area (Å²) in [5, 5.41) is 16.1. The molecule has 9 heteroatoms. The predicted octanol–water partition coefficient (Wildman–Crippen LogP) is 2.46. The van der Waals surface area contributed by atoms with Crippen molar-refractivity contribution in [2.24, 2.45) is 0 Å². The molecule has 0 saturated carbocycles. The van der Waals surface area contributed by atoms with Gasteiger partial charge in [-0.15, -0.1) is 10.2 Å². The second-order valence-corrected chi connectivity index (χ2v) is 6.84. The van der Waals surface area contributed by atoms with Crippen molar-refractivity contribution in [3.8, 4) is 0 Å². The summed E-state index contributed by atoms with van der Waals surface area (Å²) in [6, 6.07) is 0. The van der Waals surface area contributed by atoms with Crippen LogP contribution in [-0.4, -0.2) is 54.9 Å². The molecule has 1 atom stereocenters. The van der Waals surface area contributed by atoms with E-state index in [1.54, 1.807) is 17.3 Å². The lowest BCUT2D eigenvalue weighted by Crippen LogP contribution is -2.37. The number of amides is 1. The van der Waals surface area contributed by atoms with Gasteiger partial charge in [-0.3, -0.25) is 0 Å². The van der Waals surface area contributed by atoms with E-state index in [2.05, 4.69) is 20.4 Å². The van der Waals surface area contributed by atoms with Gasteiger partial charge in [0.1, 0.15) is 12.1 Å². The molecule has 0 saturated heterocycles. The standard InChI is InChI=1S/C16H26N6O3/c1-6-21(15(23)25-16(3,4)5)10-7-12(2)14-20-19-13(24-14)11-22-17-8-9-18-22/h8-9,12H,6-7,10-11H2,1-5H3. The lowest BCUT2D eigenvalue weighted by molar-refractivity contribution is 0.0254. The third-order valence-electron chi connectivity index (χ3n) is 3.51. The third kappa shape index (κ3) is 5.84. The summed E-state index contributed by atoms with van der Waals surface area (Å²) in [4.78, 5) is 15.3. The van der Waals surface area contributed by atoms with E-state index in [0.29, 0.717) is 37.8 Å². The molecular formula is C16H26N6O3. The molecule has 2 aromatic rings. The minimum absolute atomic E-state index is 0.0308. The average molecular weight is 350 g/mol. The summed E-state index contributed by atoms with van der Waals surface area (Å²) in [6.45, 7) is 11.0. The molecule has 0 bridgehead atoms. The largest absolute Gasteiger partial charge is 0.444 e. The van der Waals surface area contributed by atoms with E-state index in [1.807, 2.05) is 34.6 Å². The van der Waals surface area contributed by atoms with Gasteiger partial charge in [-0.2, -0.15) is 15.0 Å². The van der Waals surface area contributed by atoms with E-state index in [4.69, 9.17) is 9.15 Å². The average Bonchev–Trinajstić information content (AvgIpc) is 3.18. The van der Waals surface area contributed by atoms with Gasteiger partial charge in [0.2, 0.25) is 11.8 Å². The van der Waals surface area contributed by atoms with Crippen molar-refractivity contribution in [1.82, 2.24) is 30.1 Å². The Labute approximate surface area is 147 Å². The van der Waals surface area contributed by atoms with E-state index in [-0.39, 0.29) is 12.0 Å². The van der Waals surface area contributed by atoms with Crippen LogP contribution in [0.4, 0.5) is 4.79 Å². The molecule has 1 amide bonds. The van der Waals surface area contributed by atoms with E-state index in [1.165, 1.54) is 4.80 Å². The van der Waals surface area contributed by atoms with Crippen molar-refractivity contribution in [1.29, 1.82) is 0 Å². The van der Waals surface area contributed by atoms with Gasteiger partial charge >= 0.3 is 6.09 Å². The van der Waals surface area contributed by atoms with Gasteiger partial charge in [0, 0.05) is 19.0 Å². The van der Waals surface area contributed by atoms with E-state index in [9.17, 15) is 4.79 Å². The molecule has 25 heavy (non-hydrogen) atoms. The summed E-state index contributed by atoms with van der Waals surface area (Å²) < 4.78 is 11.1. The Balaban J connectivity index is 1.87. The summed E-state index contributed by atoms with van der Waals surface area (Å²) in [5.74, 6) is 1.03. The van der Waals surface area contributed by atoms with Crippen LogP contribution in [0.25, 0.3) is 0 Å². The summed E-state index contributed by atoms with van der Waals surface area (Å²) >= 11 is 0. The molecule has 0 radical (unpaired) electrons. The number of hydrogen-bond donors (Lipinski definition) is 0. The molecule has 0 spiro atoms. The normalized spacial score (nSPS) is 12.8. The Kier molecular flexibility index (Phi) is 6.11. The Bertz CT molecular complexity index is 662. The molecule has 9 nitrogen and oxygen atoms in total. The first-order valence-electron chi connectivity index (χ1n) is 8.42. The van der Waals surface area contributed by atoms with Crippen LogP contribution in [0.15, 0.2) is 16.8 Å². The molecule has 2 rings (SSSR count). The predicted molar refractivity (Wildman–Crippen MR) is 89.9 cm³/mol. The van der Waals surface area contributed by atoms with Crippen molar-refractivity contribution in [3.63, 3.8) is 0 Å². The first-order chi connectivity index (χ1) is 11.8. The molecule has 138 valence electrons. The second-order valence-electron chi connectivity index (χ2n) is 6.84. The van der Waals surface area contributed by atoms with Crippen LogP contribution in [0, 0.1) is 0 Å². The molecule has 0 aliphatic rings. The lowest BCUT2D eigenvalue weighted by Gasteiger charge is -2.27. The Morgan fingerprint density at radius 3 is 2.60 bits per heavy atom. The van der Waals surface area contributed by atoms with Gasteiger partial charge in [-0.25, -0.2) is 4.79 Å². The highest BCUT2D eigenvalue weighted by atomic mass is 16.6. The molecule has 0 aliphatic carbocycles. The minimum Gasteiger partial charge on any atom is -0.444 e. The smallest absolute Gasteiger partial charge is 0.410 e.